The van der Waals surface area contributed by atoms with E-state index in [1.165, 1.54) is 0 Å². The fourth-order valence-electron chi connectivity index (χ4n) is 2.27. The average molecular weight is 313 g/mol. The molecule has 0 unspecified atom stereocenters. The number of rotatable bonds is 7. The number of nitrogens with one attached hydrogen (secondary N) is 1. The SMILES string of the molecule is Cc1noc(C)c1C[C@H](C)NS(=O)(=O)CC(C)(C)CC#N. The summed E-state index contributed by atoms with van der Waals surface area (Å²) in [4.78, 5) is 0. The summed E-state index contributed by atoms with van der Waals surface area (Å²) < 4.78 is 32.1. The highest BCUT2D eigenvalue weighted by Crippen LogP contribution is 2.22. The van der Waals surface area contributed by atoms with Crippen LogP contribution in [-0.2, 0) is 16.4 Å². The van der Waals surface area contributed by atoms with E-state index in [0.717, 1.165) is 11.3 Å². The van der Waals surface area contributed by atoms with Gasteiger partial charge in [-0.2, -0.15) is 5.26 Å². The summed E-state index contributed by atoms with van der Waals surface area (Å²) in [6.07, 6.45) is 0.727. The van der Waals surface area contributed by atoms with Gasteiger partial charge in [0.2, 0.25) is 10.0 Å². The first-order valence-electron chi connectivity index (χ1n) is 6.85. The molecule has 1 N–H and O–H groups in total. The van der Waals surface area contributed by atoms with Crippen LogP contribution in [0.5, 0.6) is 0 Å². The van der Waals surface area contributed by atoms with E-state index in [1.807, 2.05) is 19.9 Å². The van der Waals surface area contributed by atoms with Crippen molar-refractivity contribution >= 4 is 10.0 Å². The Hall–Kier alpha value is -1.39. The molecule has 6 nitrogen and oxygen atoms in total. The third kappa shape index (κ3) is 5.48. The molecule has 0 aliphatic heterocycles. The molecule has 0 fully saturated rings. The largest absolute Gasteiger partial charge is 0.361 e. The molecule has 1 heterocycles. The Morgan fingerprint density at radius 2 is 2.05 bits per heavy atom. The molecule has 0 saturated carbocycles. The molecule has 1 rings (SSSR count). The topological polar surface area (TPSA) is 96.0 Å². The van der Waals surface area contributed by atoms with Gasteiger partial charge in [-0.3, -0.25) is 0 Å². The number of sulfonamides is 1. The first-order chi connectivity index (χ1) is 9.56. The molecule has 1 aromatic rings. The van der Waals surface area contributed by atoms with Crippen LogP contribution in [0.2, 0.25) is 0 Å². The van der Waals surface area contributed by atoms with Crippen LogP contribution in [0, 0.1) is 30.6 Å². The normalized spacial score (nSPS) is 13.9. The monoisotopic (exact) mass is 313 g/mol. The highest BCUT2D eigenvalue weighted by molar-refractivity contribution is 7.89. The van der Waals surface area contributed by atoms with Crippen molar-refractivity contribution in [3.05, 3.63) is 17.0 Å². The van der Waals surface area contributed by atoms with Gasteiger partial charge in [-0.15, -0.1) is 0 Å². The predicted octanol–water partition coefficient (Wildman–Crippen LogP) is 2.08. The molecule has 0 radical (unpaired) electrons. The van der Waals surface area contributed by atoms with Gasteiger partial charge in [0.15, 0.2) is 0 Å². The smallest absolute Gasteiger partial charge is 0.212 e. The standard InChI is InChI=1S/C14H23N3O3S/c1-10(8-13-11(2)16-20-12(13)3)17-21(18,19)9-14(4,5)6-7-15/h10,17H,6,8-9H2,1-5H3/t10-/m0/s1. The van der Waals surface area contributed by atoms with Gasteiger partial charge >= 0.3 is 0 Å². The maximum absolute atomic E-state index is 12.2. The van der Waals surface area contributed by atoms with Crippen LogP contribution < -0.4 is 4.72 Å². The third-order valence-corrected chi connectivity index (χ3v) is 5.13. The highest BCUT2D eigenvalue weighted by atomic mass is 32.2. The minimum Gasteiger partial charge on any atom is -0.361 e. The summed E-state index contributed by atoms with van der Waals surface area (Å²) in [5.41, 5.74) is 1.15. The minimum absolute atomic E-state index is 0.0699. The first kappa shape index (κ1) is 17.7. The maximum atomic E-state index is 12.2. The molecule has 0 aliphatic rings. The van der Waals surface area contributed by atoms with E-state index in [-0.39, 0.29) is 18.2 Å². The van der Waals surface area contributed by atoms with Crippen molar-refractivity contribution in [1.82, 2.24) is 9.88 Å². The molecular formula is C14H23N3O3S. The lowest BCUT2D eigenvalue weighted by Crippen LogP contribution is -2.39. The molecule has 0 amide bonds. The van der Waals surface area contributed by atoms with E-state index in [9.17, 15) is 8.42 Å². The van der Waals surface area contributed by atoms with E-state index < -0.39 is 15.4 Å². The lowest BCUT2D eigenvalue weighted by atomic mass is 9.93. The third-order valence-electron chi connectivity index (χ3n) is 3.21. The second kappa shape index (κ2) is 6.58. The molecular weight excluding hydrogens is 290 g/mol. The van der Waals surface area contributed by atoms with Crippen molar-refractivity contribution in [2.45, 2.75) is 53.5 Å². The lowest BCUT2D eigenvalue weighted by Gasteiger charge is -2.22. The van der Waals surface area contributed by atoms with E-state index in [1.54, 1.807) is 20.8 Å². The maximum Gasteiger partial charge on any atom is 0.212 e. The zero-order chi connectivity index (χ0) is 16.3. The lowest BCUT2D eigenvalue weighted by molar-refractivity contribution is 0.391. The number of aryl methyl sites for hydroxylation is 2. The van der Waals surface area contributed by atoms with Crippen LogP contribution in [0.25, 0.3) is 0 Å². The first-order valence-corrected chi connectivity index (χ1v) is 8.50. The summed E-state index contributed by atoms with van der Waals surface area (Å²) >= 11 is 0. The van der Waals surface area contributed by atoms with Crippen LogP contribution in [0.4, 0.5) is 0 Å². The Morgan fingerprint density at radius 1 is 1.43 bits per heavy atom. The van der Waals surface area contributed by atoms with E-state index in [2.05, 4.69) is 9.88 Å². The molecule has 0 spiro atoms. The number of aromatic nitrogens is 1. The van der Waals surface area contributed by atoms with Crippen molar-refractivity contribution in [3.63, 3.8) is 0 Å². The Morgan fingerprint density at radius 3 is 2.52 bits per heavy atom. The summed E-state index contributed by atoms with van der Waals surface area (Å²) in [5, 5.41) is 12.6. The molecule has 0 bridgehead atoms. The Balaban J connectivity index is 2.70. The number of hydrogen-bond acceptors (Lipinski definition) is 5. The van der Waals surface area contributed by atoms with Crippen molar-refractivity contribution in [2.75, 3.05) is 5.75 Å². The molecule has 0 saturated heterocycles. The molecule has 0 aliphatic carbocycles. The molecule has 1 atom stereocenters. The average Bonchev–Trinajstić information content (AvgIpc) is 2.58. The van der Waals surface area contributed by atoms with Crippen molar-refractivity contribution in [2.24, 2.45) is 5.41 Å². The second-order valence-corrected chi connectivity index (χ2v) is 8.04. The summed E-state index contributed by atoms with van der Waals surface area (Å²) in [6.45, 7) is 9.00. The highest BCUT2D eigenvalue weighted by Gasteiger charge is 2.27. The van der Waals surface area contributed by atoms with Gasteiger partial charge in [-0.1, -0.05) is 19.0 Å². The van der Waals surface area contributed by atoms with Crippen LogP contribution in [0.15, 0.2) is 4.52 Å². The number of hydrogen-bond donors (Lipinski definition) is 1. The van der Waals surface area contributed by atoms with Crippen molar-refractivity contribution < 1.29 is 12.9 Å². The van der Waals surface area contributed by atoms with Crippen molar-refractivity contribution in [3.8, 4) is 6.07 Å². The van der Waals surface area contributed by atoms with E-state index in [0.29, 0.717) is 12.2 Å². The molecule has 21 heavy (non-hydrogen) atoms. The van der Waals surface area contributed by atoms with Crippen molar-refractivity contribution in [1.29, 1.82) is 5.26 Å². The fourth-order valence-corrected chi connectivity index (χ4v) is 4.18. The Kier molecular flexibility index (Phi) is 5.54. The molecule has 1 aromatic heterocycles. The zero-order valence-electron chi connectivity index (χ0n) is 13.2. The molecule has 118 valence electrons. The van der Waals surface area contributed by atoms with Crippen LogP contribution in [-0.4, -0.2) is 25.4 Å². The van der Waals surface area contributed by atoms with Gasteiger partial charge in [0, 0.05) is 18.0 Å². The number of nitriles is 1. The predicted molar refractivity (Wildman–Crippen MR) is 80.1 cm³/mol. The van der Waals surface area contributed by atoms with Gasteiger partial charge in [0.05, 0.1) is 17.5 Å². The number of nitrogens with zero attached hydrogens (tertiary/aromatic N) is 2. The zero-order valence-corrected chi connectivity index (χ0v) is 14.0. The summed E-state index contributed by atoms with van der Waals surface area (Å²) in [5.74, 6) is 0.642. The quantitative estimate of drug-likeness (QED) is 0.831. The molecule has 0 aromatic carbocycles. The van der Waals surface area contributed by atoms with Crippen LogP contribution in [0.1, 0.15) is 44.2 Å². The summed E-state index contributed by atoms with van der Waals surface area (Å²) in [7, 11) is -3.44. The molecule has 7 heteroatoms. The van der Waals surface area contributed by atoms with Crippen LogP contribution in [0.3, 0.4) is 0 Å². The Bertz CT molecular complexity index is 607. The second-order valence-electron chi connectivity index (χ2n) is 6.28. The van der Waals surface area contributed by atoms with Gasteiger partial charge in [-0.25, -0.2) is 13.1 Å². The minimum atomic E-state index is -3.44. The fraction of sp³-hybridized carbons (Fsp3) is 0.714. The van der Waals surface area contributed by atoms with Gasteiger partial charge < -0.3 is 4.52 Å². The summed E-state index contributed by atoms with van der Waals surface area (Å²) in [6, 6.07) is 1.76. The Labute approximate surface area is 126 Å². The van der Waals surface area contributed by atoms with Gasteiger partial charge in [0.25, 0.3) is 0 Å². The van der Waals surface area contributed by atoms with E-state index in [4.69, 9.17) is 9.78 Å². The van der Waals surface area contributed by atoms with E-state index >= 15 is 0 Å². The van der Waals surface area contributed by atoms with Gasteiger partial charge in [-0.05, 0) is 32.6 Å². The van der Waals surface area contributed by atoms with Crippen LogP contribution >= 0.6 is 0 Å². The van der Waals surface area contributed by atoms with Gasteiger partial charge in [0.1, 0.15) is 5.76 Å².